The number of rotatable bonds is 5. The van der Waals surface area contributed by atoms with E-state index in [9.17, 15) is 20.4 Å². The second kappa shape index (κ2) is 6.76. The lowest BCUT2D eigenvalue weighted by Crippen LogP contribution is -2.57. The van der Waals surface area contributed by atoms with Gasteiger partial charge in [0.15, 0.2) is 12.6 Å². The molecule has 0 aromatic heterocycles. The van der Waals surface area contributed by atoms with Gasteiger partial charge < -0.3 is 54.3 Å². The summed E-state index contributed by atoms with van der Waals surface area (Å²) in [6.07, 6.45) is -9.15. The zero-order valence-electron chi connectivity index (χ0n) is 10.8. The van der Waals surface area contributed by atoms with Crippen LogP contribution < -0.4 is 0 Å². The highest BCUT2D eigenvalue weighted by Gasteiger charge is 2.54. The van der Waals surface area contributed by atoms with Crippen LogP contribution in [-0.2, 0) is 23.7 Å². The summed E-state index contributed by atoms with van der Waals surface area (Å²) < 4.78 is 24.7. The normalized spacial score (nSPS) is 47.7. The Morgan fingerprint density at radius 1 is 0.905 bits per heavy atom. The molecule has 0 aromatic carbocycles. The third-order valence-corrected chi connectivity index (χ3v) is 2.99. The molecular formula is C10H18O11. The molecule has 6 N–H and O–H groups in total. The minimum absolute atomic E-state index is 0.606. The van der Waals surface area contributed by atoms with Crippen molar-refractivity contribution in [3.05, 3.63) is 0 Å². The number of hydrogen-bond acceptors (Lipinski definition) is 11. The van der Waals surface area contributed by atoms with Gasteiger partial charge >= 0.3 is 0 Å². The van der Waals surface area contributed by atoms with E-state index in [1.807, 2.05) is 0 Å². The third-order valence-electron chi connectivity index (χ3n) is 2.99. The van der Waals surface area contributed by atoms with Crippen LogP contribution in [0.2, 0.25) is 0 Å². The summed E-state index contributed by atoms with van der Waals surface area (Å²) in [5.74, 6) is -2.12. The highest BCUT2D eigenvalue weighted by atomic mass is 16.9. The predicted molar refractivity (Wildman–Crippen MR) is 58.8 cm³/mol. The Labute approximate surface area is 118 Å². The van der Waals surface area contributed by atoms with Crippen LogP contribution >= 0.6 is 0 Å². The molecule has 7 atom stereocenters. The fourth-order valence-electron chi connectivity index (χ4n) is 1.89. The minimum Gasteiger partial charge on any atom is -0.393 e. The van der Waals surface area contributed by atoms with Crippen LogP contribution in [-0.4, -0.2) is 93.8 Å². The van der Waals surface area contributed by atoms with Crippen LogP contribution in [0.4, 0.5) is 0 Å². The quantitative estimate of drug-likeness (QED) is 0.291. The summed E-state index contributed by atoms with van der Waals surface area (Å²) >= 11 is 0. The zero-order chi connectivity index (χ0) is 15.6. The van der Waals surface area contributed by atoms with Crippen LogP contribution in [0.3, 0.4) is 0 Å². The van der Waals surface area contributed by atoms with Crippen LogP contribution in [0.5, 0.6) is 0 Å². The Bertz CT molecular complexity index is 341. The largest absolute Gasteiger partial charge is 0.393 e. The standard InChI is InChI=1S/C10H18O11/c11-1-4-6(14)19-7(15)8(17-4)21-10(3-13)9(16)18-5(2-12)20-10/h4-9,11-16H,1-3H2/t4?,5-,6+,7?,8+,9?,10+/m1/s1. The molecule has 3 unspecified atom stereocenters. The maximum Gasteiger partial charge on any atom is 0.249 e. The van der Waals surface area contributed by atoms with Crippen molar-refractivity contribution < 1.29 is 54.3 Å². The van der Waals surface area contributed by atoms with Crippen LogP contribution in [0.15, 0.2) is 0 Å². The van der Waals surface area contributed by atoms with Crippen LogP contribution in [0.1, 0.15) is 0 Å². The van der Waals surface area contributed by atoms with E-state index >= 15 is 0 Å². The first-order valence-corrected chi connectivity index (χ1v) is 6.14. The fraction of sp³-hybridized carbons (Fsp3) is 1.00. The Hall–Kier alpha value is -0.440. The summed E-state index contributed by atoms with van der Waals surface area (Å²) in [6, 6.07) is 0. The number of hydrogen-bond donors (Lipinski definition) is 6. The molecule has 0 radical (unpaired) electrons. The average molecular weight is 314 g/mol. The summed E-state index contributed by atoms with van der Waals surface area (Å²) in [5.41, 5.74) is 0. The molecule has 0 aromatic rings. The molecule has 21 heavy (non-hydrogen) atoms. The molecular weight excluding hydrogens is 296 g/mol. The maximum atomic E-state index is 9.71. The van der Waals surface area contributed by atoms with Crippen molar-refractivity contribution in [3.8, 4) is 0 Å². The Morgan fingerprint density at radius 3 is 2.14 bits per heavy atom. The van der Waals surface area contributed by atoms with Crippen LogP contribution in [0, 0.1) is 0 Å². The molecule has 0 aliphatic carbocycles. The molecule has 2 rings (SSSR count). The van der Waals surface area contributed by atoms with Gasteiger partial charge in [0.25, 0.3) is 0 Å². The summed E-state index contributed by atoms with van der Waals surface area (Å²) in [6.45, 7) is -2.12. The van der Waals surface area contributed by atoms with Crippen molar-refractivity contribution in [2.24, 2.45) is 0 Å². The second-order valence-electron chi connectivity index (χ2n) is 4.45. The van der Waals surface area contributed by atoms with E-state index in [1.165, 1.54) is 0 Å². The topological polar surface area (TPSA) is 168 Å². The monoisotopic (exact) mass is 314 g/mol. The summed E-state index contributed by atoms with van der Waals surface area (Å²) in [5, 5.41) is 55.9. The first kappa shape index (κ1) is 16.9. The molecule has 2 saturated heterocycles. The van der Waals surface area contributed by atoms with Crippen molar-refractivity contribution in [1.82, 2.24) is 0 Å². The first-order chi connectivity index (χ1) is 9.95. The van der Waals surface area contributed by atoms with Gasteiger partial charge in [0.1, 0.15) is 12.7 Å². The molecule has 2 fully saturated rings. The van der Waals surface area contributed by atoms with Gasteiger partial charge in [0, 0.05) is 0 Å². The maximum absolute atomic E-state index is 9.71. The number of aliphatic hydroxyl groups is 6. The van der Waals surface area contributed by atoms with Crippen LogP contribution in [0.25, 0.3) is 0 Å². The van der Waals surface area contributed by atoms with Gasteiger partial charge in [-0.25, -0.2) is 0 Å². The highest BCUT2D eigenvalue weighted by Crippen LogP contribution is 2.33. The zero-order valence-corrected chi connectivity index (χ0v) is 10.8. The summed E-state index contributed by atoms with van der Waals surface area (Å²) in [7, 11) is 0. The number of aliphatic hydroxyl groups excluding tert-OH is 6. The second-order valence-corrected chi connectivity index (χ2v) is 4.45. The molecule has 0 spiro atoms. The molecule has 11 nitrogen and oxygen atoms in total. The van der Waals surface area contributed by atoms with E-state index in [2.05, 4.69) is 4.74 Å². The van der Waals surface area contributed by atoms with Gasteiger partial charge in [-0.1, -0.05) is 0 Å². The Kier molecular flexibility index (Phi) is 5.45. The van der Waals surface area contributed by atoms with E-state index in [0.717, 1.165) is 0 Å². The lowest BCUT2D eigenvalue weighted by Gasteiger charge is -2.40. The lowest BCUT2D eigenvalue weighted by atomic mass is 10.3. The lowest BCUT2D eigenvalue weighted by molar-refractivity contribution is -0.433. The van der Waals surface area contributed by atoms with E-state index in [1.54, 1.807) is 0 Å². The third kappa shape index (κ3) is 3.33. The highest BCUT2D eigenvalue weighted by molar-refractivity contribution is 4.81. The van der Waals surface area contributed by atoms with E-state index in [4.69, 9.17) is 29.2 Å². The van der Waals surface area contributed by atoms with Gasteiger partial charge in [-0.3, -0.25) is 0 Å². The molecule has 0 bridgehead atoms. The fourth-order valence-corrected chi connectivity index (χ4v) is 1.89. The van der Waals surface area contributed by atoms with E-state index < -0.39 is 63.2 Å². The van der Waals surface area contributed by atoms with Crippen molar-refractivity contribution in [2.45, 2.75) is 43.3 Å². The molecule has 124 valence electrons. The Balaban J connectivity index is 2.07. The predicted octanol–water partition coefficient (Wildman–Crippen LogP) is -4.25. The van der Waals surface area contributed by atoms with Gasteiger partial charge in [-0.05, 0) is 0 Å². The molecule has 0 amide bonds. The van der Waals surface area contributed by atoms with E-state index in [-0.39, 0.29) is 0 Å². The van der Waals surface area contributed by atoms with Gasteiger partial charge in [0.2, 0.25) is 24.7 Å². The Morgan fingerprint density at radius 2 is 1.62 bits per heavy atom. The van der Waals surface area contributed by atoms with E-state index in [0.29, 0.717) is 0 Å². The number of ether oxygens (including phenoxy) is 5. The van der Waals surface area contributed by atoms with Gasteiger partial charge in [-0.2, -0.15) is 0 Å². The SMILES string of the molecule is OCC1O[C@@H](O[C@]2(CO)O[C@H](CO)OC2O)C(O)O[C@@H]1O. The summed E-state index contributed by atoms with van der Waals surface area (Å²) in [4.78, 5) is 0. The molecule has 2 aliphatic rings. The first-order valence-electron chi connectivity index (χ1n) is 6.14. The molecule has 2 aliphatic heterocycles. The van der Waals surface area contributed by atoms with Crippen molar-refractivity contribution in [1.29, 1.82) is 0 Å². The van der Waals surface area contributed by atoms with Crippen molar-refractivity contribution in [3.63, 3.8) is 0 Å². The van der Waals surface area contributed by atoms with Crippen molar-refractivity contribution in [2.75, 3.05) is 19.8 Å². The smallest absolute Gasteiger partial charge is 0.249 e. The minimum atomic E-state index is -2.12. The molecule has 11 heteroatoms. The molecule has 2 heterocycles. The van der Waals surface area contributed by atoms with Gasteiger partial charge in [-0.15, -0.1) is 0 Å². The van der Waals surface area contributed by atoms with Crippen molar-refractivity contribution >= 4 is 0 Å². The molecule has 0 saturated carbocycles. The average Bonchev–Trinajstić information content (AvgIpc) is 2.79. The van der Waals surface area contributed by atoms with Gasteiger partial charge in [0.05, 0.1) is 13.2 Å².